The van der Waals surface area contributed by atoms with E-state index < -0.39 is 15.9 Å². The molecule has 7 nitrogen and oxygen atoms in total. The number of rotatable bonds is 8. The van der Waals surface area contributed by atoms with Crippen LogP contribution in [0.2, 0.25) is 0 Å². The molecule has 0 atom stereocenters. The lowest BCUT2D eigenvalue weighted by molar-refractivity contribution is 0.0993. The molecular weight excluding hydrogens is 404 g/mol. The topological polar surface area (TPSA) is 88.9 Å². The van der Waals surface area contributed by atoms with Crippen LogP contribution in [0.3, 0.4) is 0 Å². The Bertz CT molecular complexity index is 1090. The van der Waals surface area contributed by atoms with Crippen molar-refractivity contribution < 1.29 is 22.4 Å². The van der Waals surface area contributed by atoms with Crippen LogP contribution in [-0.4, -0.2) is 31.7 Å². The molecule has 1 heterocycles. The third-order valence-electron chi connectivity index (χ3n) is 4.61. The average Bonchev–Trinajstić information content (AvgIpc) is 3.21. The van der Waals surface area contributed by atoms with Crippen LogP contribution < -0.4 is 10.1 Å². The molecule has 0 saturated carbocycles. The zero-order valence-corrected chi connectivity index (χ0v) is 17.8. The maximum atomic E-state index is 12.6. The predicted octanol–water partition coefficient (Wildman–Crippen LogP) is 4.14. The van der Waals surface area contributed by atoms with Gasteiger partial charge in [0.25, 0.3) is 5.91 Å². The Balaban J connectivity index is 1.68. The van der Waals surface area contributed by atoms with Crippen molar-refractivity contribution in [1.82, 2.24) is 4.31 Å². The van der Waals surface area contributed by atoms with Crippen LogP contribution in [-0.2, 0) is 16.6 Å². The number of nitrogens with zero attached hydrogens (tertiary/aromatic N) is 1. The van der Waals surface area contributed by atoms with Gasteiger partial charge in [0.1, 0.15) is 12.4 Å². The van der Waals surface area contributed by atoms with Gasteiger partial charge in [-0.15, -0.1) is 0 Å². The lowest BCUT2D eigenvalue weighted by Gasteiger charge is -2.21. The summed E-state index contributed by atoms with van der Waals surface area (Å²) < 4.78 is 37.4. The van der Waals surface area contributed by atoms with Crippen molar-refractivity contribution in [3.05, 3.63) is 78.3 Å². The van der Waals surface area contributed by atoms with Crippen LogP contribution in [0.4, 0.5) is 5.69 Å². The summed E-state index contributed by atoms with van der Waals surface area (Å²) in [5.74, 6) is 0.386. The maximum Gasteiger partial charge on any atom is 0.291 e. The van der Waals surface area contributed by atoms with E-state index >= 15 is 0 Å². The summed E-state index contributed by atoms with van der Waals surface area (Å²) in [5.41, 5.74) is 1.06. The van der Waals surface area contributed by atoms with Crippen molar-refractivity contribution in [2.45, 2.75) is 31.4 Å². The minimum atomic E-state index is -3.58. The SMILES string of the molecule is CC(C)N(C)S(=O)(=O)c1ccc(NC(=O)c2occc2COc2ccccc2)cc1. The Morgan fingerprint density at radius 3 is 2.37 bits per heavy atom. The largest absolute Gasteiger partial charge is 0.489 e. The highest BCUT2D eigenvalue weighted by Gasteiger charge is 2.23. The smallest absolute Gasteiger partial charge is 0.291 e. The highest BCUT2D eigenvalue weighted by molar-refractivity contribution is 7.89. The van der Waals surface area contributed by atoms with Crippen molar-refractivity contribution in [2.24, 2.45) is 0 Å². The van der Waals surface area contributed by atoms with Crippen LogP contribution >= 0.6 is 0 Å². The van der Waals surface area contributed by atoms with E-state index in [-0.39, 0.29) is 23.3 Å². The number of hydrogen-bond acceptors (Lipinski definition) is 5. The van der Waals surface area contributed by atoms with Crippen molar-refractivity contribution in [3.8, 4) is 5.75 Å². The first-order valence-electron chi connectivity index (χ1n) is 9.42. The fraction of sp³-hybridized carbons (Fsp3) is 0.227. The van der Waals surface area contributed by atoms with Gasteiger partial charge >= 0.3 is 0 Å². The number of hydrogen-bond donors (Lipinski definition) is 1. The summed E-state index contributed by atoms with van der Waals surface area (Å²) in [6.07, 6.45) is 1.43. The lowest BCUT2D eigenvalue weighted by atomic mass is 10.2. The number of anilines is 1. The van der Waals surface area contributed by atoms with Crippen LogP contribution in [0.25, 0.3) is 0 Å². The van der Waals surface area contributed by atoms with Crippen LogP contribution in [0.15, 0.2) is 76.2 Å². The Morgan fingerprint density at radius 1 is 1.07 bits per heavy atom. The first-order valence-corrected chi connectivity index (χ1v) is 10.9. The van der Waals surface area contributed by atoms with Crippen molar-refractivity contribution in [3.63, 3.8) is 0 Å². The molecule has 0 spiro atoms. The van der Waals surface area contributed by atoms with Gasteiger partial charge in [-0.25, -0.2) is 8.42 Å². The van der Waals surface area contributed by atoms with Gasteiger partial charge in [-0.1, -0.05) is 18.2 Å². The molecule has 0 fully saturated rings. The standard InChI is InChI=1S/C22H24N2O5S/c1-16(2)24(3)30(26,27)20-11-9-18(10-12-20)23-22(25)21-17(13-14-28-21)15-29-19-7-5-4-6-8-19/h4-14,16H,15H2,1-3H3,(H,23,25). The summed E-state index contributed by atoms with van der Waals surface area (Å²) in [5, 5.41) is 2.72. The van der Waals surface area contributed by atoms with Crippen molar-refractivity contribution in [1.29, 1.82) is 0 Å². The van der Waals surface area contributed by atoms with Crippen LogP contribution in [0.5, 0.6) is 5.75 Å². The number of amides is 1. The molecule has 3 aromatic rings. The first kappa shape index (κ1) is 21.6. The van der Waals surface area contributed by atoms with Gasteiger partial charge in [0, 0.05) is 24.3 Å². The number of ether oxygens (including phenoxy) is 1. The molecule has 0 aliphatic rings. The Kier molecular flexibility index (Phi) is 6.59. The predicted molar refractivity (Wildman–Crippen MR) is 114 cm³/mol. The number of carbonyl (C=O) groups is 1. The molecule has 0 aliphatic heterocycles. The fourth-order valence-electron chi connectivity index (χ4n) is 2.67. The van der Waals surface area contributed by atoms with Gasteiger partial charge in [0.05, 0.1) is 11.2 Å². The quantitative estimate of drug-likeness (QED) is 0.582. The van der Waals surface area contributed by atoms with Crippen LogP contribution in [0.1, 0.15) is 30.0 Å². The third kappa shape index (κ3) is 4.90. The molecule has 158 valence electrons. The Labute approximate surface area is 176 Å². The van der Waals surface area contributed by atoms with Gasteiger partial charge in [0.15, 0.2) is 5.76 Å². The van der Waals surface area contributed by atoms with Crippen molar-refractivity contribution in [2.75, 3.05) is 12.4 Å². The molecular formula is C22H24N2O5S. The van der Waals surface area contributed by atoms with Gasteiger partial charge in [-0.05, 0) is 56.3 Å². The van der Waals surface area contributed by atoms with Crippen molar-refractivity contribution >= 4 is 21.6 Å². The maximum absolute atomic E-state index is 12.6. The summed E-state index contributed by atoms with van der Waals surface area (Å²) in [6.45, 7) is 3.78. The molecule has 8 heteroatoms. The Morgan fingerprint density at radius 2 is 1.73 bits per heavy atom. The highest BCUT2D eigenvalue weighted by atomic mass is 32.2. The minimum absolute atomic E-state index is 0.141. The average molecular weight is 429 g/mol. The lowest BCUT2D eigenvalue weighted by Crippen LogP contribution is -2.33. The molecule has 0 bridgehead atoms. The molecule has 0 saturated heterocycles. The molecule has 0 aliphatic carbocycles. The third-order valence-corrected chi connectivity index (χ3v) is 6.65. The second kappa shape index (κ2) is 9.15. The summed E-state index contributed by atoms with van der Waals surface area (Å²) in [4.78, 5) is 12.8. The van der Waals surface area contributed by atoms with E-state index in [9.17, 15) is 13.2 Å². The second-order valence-corrected chi connectivity index (χ2v) is 8.97. The number of furan rings is 1. The molecule has 1 aromatic heterocycles. The van der Waals surface area contributed by atoms with E-state index in [2.05, 4.69) is 5.32 Å². The van der Waals surface area contributed by atoms with E-state index in [1.54, 1.807) is 32.0 Å². The van der Waals surface area contributed by atoms with E-state index in [4.69, 9.17) is 9.15 Å². The fourth-order valence-corrected chi connectivity index (χ4v) is 4.04. The summed E-state index contributed by atoms with van der Waals surface area (Å²) >= 11 is 0. The molecule has 30 heavy (non-hydrogen) atoms. The second-order valence-electron chi connectivity index (χ2n) is 6.97. The van der Waals surface area contributed by atoms with Crippen LogP contribution in [0, 0.1) is 0 Å². The summed E-state index contributed by atoms with van der Waals surface area (Å²) in [6, 6.07) is 16.8. The zero-order valence-electron chi connectivity index (χ0n) is 17.0. The van der Waals surface area contributed by atoms with E-state index in [1.165, 1.54) is 29.7 Å². The molecule has 1 amide bonds. The van der Waals surface area contributed by atoms with E-state index in [0.717, 1.165) is 0 Å². The molecule has 2 aromatic carbocycles. The Hall–Kier alpha value is -3.10. The first-order chi connectivity index (χ1) is 14.3. The minimum Gasteiger partial charge on any atom is -0.489 e. The number of sulfonamides is 1. The summed E-state index contributed by atoms with van der Waals surface area (Å²) in [7, 11) is -2.05. The number of nitrogens with one attached hydrogen (secondary N) is 1. The molecule has 1 N–H and O–H groups in total. The monoisotopic (exact) mass is 428 g/mol. The van der Waals surface area contributed by atoms with E-state index in [1.807, 2.05) is 30.3 Å². The highest BCUT2D eigenvalue weighted by Crippen LogP contribution is 2.21. The number of benzene rings is 2. The molecule has 0 radical (unpaired) electrons. The zero-order chi connectivity index (χ0) is 21.7. The van der Waals surface area contributed by atoms with Gasteiger partial charge in [-0.2, -0.15) is 4.31 Å². The van der Waals surface area contributed by atoms with E-state index in [0.29, 0.717) is 17.0 Å². The van der Waals surface area contributed by atoms with Gasteiger partial charge in [-0.3, -0.25) is 4.79 Å². The normalized spacial score (nSPS) is 11.6. The van der Waals surface area contributed by atoms with Gasteiger partial charge < -0.3 is 14.5 Å². The molecule has 0 unspecified atom stereocenters. The van der Waals surface area contributed by atoms with Gasteiger partial charge in [0.2, 0.25) is 10.0 Å². The number of para-hydroxylation sites is 1. The number of carbonyl (C=O) groups excluding carboxylic acids is 1. The molecule has 3 rings (SSSR count).